The number of phenolic OH excluding ortho intramolecular Hbond substituents is 1. The second-order valence-electron chi connectivity index (χ2n) is 10.2. The first-order chi connectivity index (χ1) is 15.7. The molecule has 2 fully saturated rings. The summed E-state index contributed by atoms with van der Waals surface area (Å²) in [7, 11) is 0. The van der Waals surface area contributed by atoms with Gasteiger partial charge in [0.05, 0.1) is 23.8 Å². The van der Waals surface area contributed by atoms with Gasteiger partial charge in [0.2, 0.25) is 0 Å². The molecule has 0 saturated carbocycles. The van der Waals surface area contributed by atoms with Crippen LogP contribution in [0.2, 0.25) is 0 Å². The number of aromatic nitrogens is 5. The van der Waals surface area contributed by atoms with Gasteiger partial charge in [0.1, 0.15) is 17.6 Å². The molecule has 5 rings (SSSR count). The molecule has 0 unspecified atom stereocenters. The highest BCUT2D eigenvalue weighted by Crippen LogP contribution is 2.49. The minimum Gasteiger partial charge on any atom is -0.507 e. The molecule has 0 radical (unpaired) electrons. The van der Waals surface area contributed by atoms with E-state index in [4.69, 9.17) is 0 Å². The average Bonchev–Trinajstić information content (AvgIpc) is 3.30. The monoisotopic (exact) mass is 448 g/mol. The maximum absolute atomic E-state index is 15.7. The summed E-state index contributed by atoms with van der Waals surface area (Å²) in [5, 5.41) is 22.6. The van der Waals surface area contributed by atoms with E-state index in [2.05, 4.69) is 45.9 Å². The Morgan fingerprint density at radius 2 is 2.06 bits per heavy atom. The van der Waals surface area contributed by atoms with Crippen molar-refractivity contribution in [1.29, 1.82) is 0 Å². The molecule has 0 spiro atoms. The van der Waals surface area contributed by atoms with Crippen molar-refractivity contribution >= 4 is 5.57 Å². The number of allylic oxidation sites excluding steroid dienone is 1. The van der Waals surface area contributed by atoms with Crippen molar-refractivity contribution in [2.24, 2.45) is 11.8 Å². The predicted octanol–water partition coefficient (Wildman–Crippen LogP) is 4.34. The van der Waals surface area contributed by atoms with E-state index >= 15 is 4.39 Å². The lowest BCUT2D eigenvalue weighted by atomic mass is 9.61. The minimum atomic E-state index is -1.07. The molecule has 2 saturated heterocycles. The first-order valence-corrected chi connectivity index (χ1v) is 11.3. The highest BCUT2D eigenvalue weighted by Gasteiger charge is 2.54. The molecule has 2 N–H and O–H groups in total. The highest BCUT2D eigenvalue weighted by atomic mass is 19.1. The van der Waals surface area contributed by atoms with Crippen molar-refractivity contribution in [3.8, 4) is 22.8 Å². The molecule has 2 aliphatic rings. The Morgan fingerprint density at radius 3 is 2.73 bits per heavy atom. The van der Waals surface area contributed by atoms with Crippen molar-refractivity contribution in [3.63, 3.8) is 0 Å². The number of halogens is 1. The van der Waals surface area contributed by atoms with Gasteiger partial charge in [0.15, 0.2) is 5.82 Å². The van der Waals surface area contributed by atoms with Crippen molar-refractivity contribution in [2.45, 2.75) is 57.3 Å². The predicted molar refractivity (Wildman–Crippen MR) is 124 cm³/mol. The Bertz CT molecular complexity index is 1180. The maximum atomic E-state index is 15.7. The van der Waals surface area contributed by atoms with E-state index in [1.54, 1.807) is 41.6 Å². The summed E-state index contributed by atoms with van der Waals surface area (Å²) in [6, 6.07) is 5.21. The van der Waals surface area contributed by atoms with Crippen molar-refractivity contribution in [1.82, 2.24) is 30.0 Å². The number of piperidine rings is 2. The van der Waals surface area contributed by atoms with E-state index in [0.717, 1.165) is 18.5 Å². The molecule has 7 nitrogen and oxygen atoms in total. The quantitative estimate of drug-likeness (QED) is 0.617. The number of nitrogens with zero attached hydrogens (tertiary/aromatic N) is 5. The normalized spacial score (nSPS) is 31.3. The number of aromatic hydroxyl groups is 1. The topological polar surface area (TPSA) is 88.8 Å². The molecular formula is C25H29FN6O. The largest absolute Gasteiger partial charge is 0.507 e. The van der Waals surface area contributed by atoms with E-state index in [1.807, 2.05) is 13.0 Å². The number of benzene rings is 1. The summed E-state index contributed by atoms with van der Waals surface area (Å²) in [5.74, 6) is 0.466. The fourth-order valence-corrected chi connectivity index (χ4v) is 6.02. The van der Waals surface area contributed by atoms with Crippen LogP contribution in [-0.2, 0) is 0 Å². The number of nitrogens with one attached hydrogen (secondary N) is 1. The fourth-order valence-electron chi connectivity index (χ4n) is 6.02. The van der Waals surface area contributed by atoms with Crippen LogP contribution in [-0.4, -0.2) is 47.1 Å². The molecule has 33 heavy (non-hydrogen) atoms. The molecule has 8 heteroatoms. The van der Waals surface area contributed by atoms with Gasteiger partial charge < -0.3 is 15.0 Å². The van der Waals surface area contributed by atoms with E-state index in [0.29, 0.717) is 35.0 Å². The lowest BCUT2D eigenvalue weighted by Crippen LogP contribution is -2.70. The van der Waals surface area contributed by atoms with Crippen LogP contribution in [0.1, 0.15) is 45.7 Å². The zero-order chi connectivity index (χ0) is 23.4. The van der Waals surface area contributed by atoms with E-state index in [-0.39, 0.29) is 17.2 Å². The summed E-state index contributed by atoms with van der Waals surface area (Å²) in [5.41, 5.74) is 1.64. The average molecular weight is 449 g/mol. The summed E-state index contributed by atoms with van der Waals surface area (Å²) in [6.45, 7) is 10.6. The van der Waals surface area contributed by atoms with Crippen LogP contribution in [0.3, 0.4) is 0 Å². The Hall–Kier alpha value is -3.13. The minimum absolute atomic E-state index is 0.0412. The third-order valence-corrected chi connectivity index (χ3v) is 7.15. The Kier molecular flexibility index (Phi) is 5.08. The molecule has 4 heterocycles. The second kappa shape index (κ2) is 7.73. The van der Waals surface area contributed by atoms with Crippen LogP contribution >= 0.6 is 0 Å². The molecule has 2 bridgehead atoms. The van der Waals surface area contributed by atoms with Gasteiger partial charge in [-0.25, -0.2) is 14.4 Å². The molecule has 172 valence electrons. The SMILES string of the molecule is C=C(c1cnc(-c2ccc(-n3ccnc3)cc2O)nn1)[C@H]1C[C@]2(C)C[C@@H](C)C[C@@](C)(N2)[C@@H]1F. The highest BCUT2D eigenvalue weighted by molar-refractivity contribution is 5.67. The number of alkyl halides is 1. The number of hydrogen-bond acceptors (Lipinski definition) is 6. The first-order valence-electron chi connectivity index (χ1n) is 11.3. The van der Waals surface area contributed by atoms with Crippen LogP contribution in [0.4, 0.5) is 4.39 Å². The lowest BCUT2D eigenvalue weighted by Gasteiger charge is -2.57. The second-order valence-corrected chi connectivity index (χ2v) is 10.2. The van der Waals surface area contributed by atoms with Gasteiger partial charge >= 0.3 is 0 Å². The molecular weight excluding hydrogens is 419 g/mol. The molecule has 3 aromatic rings. The third kappa shape index (κ3) is 3.82. The fraction of sp³-hybridized carbons (Fsp3) is 0.440. The standard InChI is InChI=1S/C25H29FN6O/c1-15-10-24(3)12-19(22(26)25(4,11-15)31-24)16(2)20-13-28-23(30-29-20)18-6-5-17(9-21(18)33)32-8-7-27-14-32/h5-9,13-15,19,22,31,33H,2,10-12H2,1,3-4H3/t15-,19-,22-,24+,25-/m1/s1. The molecule has 1 aromatic carbocycles. The van der Waals surface area contributed by atoms with Crippen LogP contribution in [0.5, 0.6) is 5.75 Å². The summed E-state index contributed by atoms with van der Waals surface area (Å²) >= 11 is 0. The Morgan fingerprint density at radius 1 is 1.24 bits per heavy atom. The van der Waals surface area contributed by atoms with Crippen molar-refractivity contribution in [2.75, 3.05) is 0 Å². The van der Waals surface area contributed by atoms with E-state index in [1.165, 1.54) is 0 Å². The summed E-state index contributed by atoms with van der Waals surface area (Å²) in [4.78, 5) is 8.43. The van der Waals surface area contributed by atoms with Crippen LogP contribution in [0.25, 0.3) is 22.6 Å². The number of hydrogen-bond donors (Lipinski definition) is 2. The zero-order valence-electron chi connectivity index (χ0n) is 19.2. The third-order valence-electron chi connectivity index (χ3n) is 7.15. The summed E-state index contributed by atoms with van der Waals surface area (Å²) in [6.07, 6.45) is 8.09. The van der Waals surface area contributed by atoms with Gasteiger partial charge in [0, 0.05) is 35.5 Å². The van der Waals surface area contributed by atoms with E-state index < -0.39 is 11.7 Å². The Labute approximate surface area is 192 Å². The van der Waals surface area contributed by atoms with Crippen molar-refractivity contribution in [3.05, 3.63) is 55.4 Å². The molecule has 0 amide bonds. The van der Waals surface area contributed by atoms with Gasteiger partial charge in [-0.3, -0.25) is 0 Å². The first kappa shape index (κ1) is 21.7. The molecule has 2 aliphatic heterocycles. The lowest BCUT2D eigenvalue weighted by molar-refractivity contribution is -0.0251. The zero-order valence-corrected chi connectivity index (χ0v) is 19.2. The van der Waals surface area contributed by atoms with Crippen LogP contribution in [0.15, 0.2) is 49.7 Å². The van der Waals surface area contributed by atoms with E-state index in [9.17, 15) is 5.11 Å². The molecule has 2 aromatic heterocycles. The van der Waals surface area contributed by atoms with Gasteiger partial charge in [-0.2, -0.15) is 0 Å². The van der Waals surface area contributed by atoms with Gasteiger partial charge in [-0.1, -0.05) is 13.5 Å². The number of rotatable bonds is 4. The van der Waals surface area contributed by atoms with Gasteiger partial charge in [0.25, 0.3) is 0 Å². The maximum Gasteiger partial charge on any atom is 0.185 e. The number of fused-ring (bicyclic) bond motifs is 2. The van der Waals surface area contributed by atoms with Crippen LogP contribution < -0.4 is 5.32 Å². The van der Waals surface area contributed by atoms with Gasteiger partial charge in [-0.15, -0.1) is 10.2 Å². The Balaban J connectivity index is 1.38. The number of phenols is 1. The van der Waals surface area contributed by atoms with Gasteiger partial charge in [-0.05, 0) is 56.7 Å². The molecule has 5 atom stereocenters. The summed E-state index contributed by atoms with van der Waals surface area (Å²) < 4.78 is 17.5. The molecule has 0 aliphatic carbocycles. The van der Waals surface area contributed by atoms with Crippen molar-refractivity contribution < 1.29 is 9.50 Å². The number of imidazole rings is 1. The van der Waals surface area contributed by atoms with Crippen LogP contribution in [0, 0.1) is 11.8 Å². The smallest absolute Gasteiger partial charge is 0.185 e.